The fraction of sp³-hybridized carbons (Fsp3) is 0.833. The van der Waals surface area contributed by atoms with Crippen LogP contribution in [-0.4, -0.2) is 22.2 Å². The van der Waals surface area contributed by atoms with Crippen molar-refractivity contribution in [3.63, 3.8) is 0 Å². The van der Waals surface area contributed by atoms with Crippen molar-refractivity contribution in [2.24, 2.45) is 10.8 Å². The number of hydrogen-bond donors (Lipinski definition) is 2. The van der Waals surface area contributed by atoms with Crippen LogP contribution in [0.15, 0.2) is 0 Å². The molecule has 0 saturated heterocycles. The minimum Gasteiger partial charge on any atom is -0.480 e. The summed E-state index contributed by atoms with van der Waals surface area (Å²) in [5.74, 6) is -2.44. The van der Waals surface area contributed by atoms with Crippen LogP contribution in [0.4, 0.5) is 0 Å². The largest absolute Gasteiger partial charge is 0.480 e. The van der Waals surface area contributed by atoms with Gasteiger partial charge in [-0.05, 0) is 24.7 Å². The van der Waals surface area contributed by atoms with Crippen molar-refractivity contribution >= 4 is 11.9 Å². The Kier molecular flexibility index (Phi) is 4.97. The SMILES string of the molecule is CCCC(C)(CC)C(CC)(C(=O)O)C(=O)O. The minimum absolute atomic E-state index is 0.113. The van der Waals surface area contributed by atoms with Gasteiger partial charge in [0.05, 0.1) is 0 Å². The van der Waals surface area contributed by atoms with Gasteiger partial charge in [0.15, 0.2) is 5.41 Å². The molecule has 1 atom stereocenters. The van der Waals surface area contributed by atoms with E-state index >= 15 is 0 Å². The molecule has 0 aromatic rings. The molecule has 0 radical (unpaired) electrons. The van der Waals surface area contributed by atoms with Crippen LogP contribution in [0.1, 0.15) is 53.4 Å². The van der Waals surface area contributed by atoms with E-state index in [-0.39, 0.29) is 6.42 Å². The molecule has 0 saturated carbocycles. The third-order valence-corrected chi connectivity index (χ3v) is 3.87. The van der Waals surface area contributed by atoms with Gasteiger partial charge < -0.3 is 10.2 Å². The lowest BCUT2D eigenvalue weighted by molar-refractivity contribution is -0.177. The van der Waals surface area contributed by atoms with Crippen molar-refractivity contribution in [1.82, 2.24) is 0 Å². The molecule has 16 heavy (non-hydrogen) atoms. The molecule has 4 heteroatoms. The van der Waals surface area contributed by atoms with Gasteiger partial charge in [0, 0.05) is 0 Å². The molecule has 4 nitrogen and oxygen atoms in total. The van der Waals surface area contributed by atoms with E-state index in [2.05, 4.69) is 0 Å². The molecule has 0 amide bonds. The van der Waals surface area contributed by atoms with E-state index in [0.717, 1.165) is 6.42 Å². The summed E-state index contributed by atoms with van der Waals surface area (Å²) in [5, 5.41) is 18.6. The summed E-state index contributed by atoms with van der Waals surface area (Å²) in [6, 6.07) is 0. The zero-order valence-electron chi connectivity index (χ0n) is 10.5. The molecular weight excluding hydrogens is 208 g/mol. The summed E-state index contributed by atoms with van der Waals surface area (Å²) >= 11 is 0. The van der Waals surface area contributed by atoms with Crippen LogP contribution in [0.2, 0.25) is 0 Å². The van der Waals surface area contributed by atoms with Crippen LogP contribution < -0.4 is 0 Å². The first-order valence-corrected chi connectivity index (χ1v) is 5.79. The van der Waals surface area contributed by atoms with Crippen LogP contribution in [0.25, 0.3) is 0 Å². The van der Waals surface area contributed by atoms with Crippen LogP contribution >= 0.6 is 0 Å². The predicted molar refractivity (Wildman–Crippen MR) is 61.3 cm³/mol. The first-order valence-electron chi connectivity index (χ1n) is 5.79. The molecule has 0 fully saturated rings. The quantitative estimate of drug-likeness (QED) is 0.659. The summed E-state index contributed by atoms with van der Waals surface area (Å²) in [5.41, 5.74) is -2.37. The van der Waals surface area contributed by atoms with E-state index in [1.54, 1.807) is 13.8 Å². The van der Waals surface area contributed by atoms with Gasteiger partial charge in [0.25, 0.3) is 0 Å². The topological polar surface area (TPSA) is 74.6 Å². The van der Waals surface area contributed by atoms with E-state index in [9.17, 15) is 19.8 Å². The second kappa shape index (κ2) is 5.32. The van der Waals surface area contributed by atoms with Gasteiger partial charge in [0.1, 0.15) is 0 Å². The Morgan fingerprint density at radius 3 is 1.62 bits per heavy atom. The molecule has 1 unspecified atom stereocenters. The molecule has 0 aliphatic rings. The number of hydrogen-bond acceptors (Lipinski definition) is 2. The normalized spacial score (nSPS) is 15.5. The fourth-order valence-corrected chi connectivity index (χ4v) is 2.58. The Balaban J connectivity index is 5.62. The molecule has 0 heterocycles. The molecule has 0 aromatic heterocycles. The lowest BCUT2D eigenvalue weighted by atomic mass is 9.59. The average molecular weight is 230 g/mol. The molecule has 0 spiro atoms. The summed E-state index contributed by atoms with van der Waals surface area (Å²) in [7, 11) is 0. The lowest BCUT2D eigenvalue weighted by Gasteiger charge is -2.42. The average Bonchev–Trinajstić information content (AvgIpc) is 2.18. The van der Waals surface area contributed by atoms with Gasteiger partial charge in [-0.2, -0.15) is 0 Å². The maximum atomic E-state index is 11.4. The monoisotopic (exact) mass is 230 g/mol. The van der Waals surface area contributed by atoms with Gasteiger partial charge in [-0.25, -0.2) is 0 Å². The van der Waals surface area contributed by atoms with Gasteiger partial charge in [-0.3, -0.25) is 9.59 Å². The summed E-state index contributed by atoms with van der Waals surface area (Å²) in [6.07, 6.45) is 2.05. The van der Waals surface area contributed by atoms with Crippen molar-refractivity contribution in [1.29, 1.82) is 0 Å². The highest BCUT2D eigenvalue weighted by atomic mass is 16.4. The zero-order chi connectivity index (χ0) is 13.0. The summed E-state index contributed by atoms with van der Waals surface area (Å²) < 4.78 is 0. The number of aliphatic carboxylic acids is 2. The van der Waals surface area contributed by atoms with Gasteiger partial charge >= 0.3 is 11.9 Å². The van der Waals surface area contributed by atoms with Crippen LogP contribution in [-0.2, 0) is 9.59 Å². The Morgan fingerprint density at radius 1 is 1.00 bits per heavy atom. The highest BCUT2D eigenvalue weighted by molar-refractivity contribution is 5.99. The van der Waals surface area contributed by atoms with Crippen molar-refractivity contribution in [2.45, 2.75) is 53.4 Å². The number of carboxylic acids is 2. The molecule has 0 aliphatic heterocycles. The van der Waals surface area contributed by atoms with Crippen LogP contribution in [0.5, 0.6) is 0 Å². The molecule has 0 rings (SSSR count). The first kappa shape index (κ1) is 14.9. The zero-order valence-corrected chi connectivity index (χ0v) is 10.5. The molecule has 0 aliphatic carbocycles. The third kappa shape index (κ3) is 2.06. The van der Waals surface area contributed by atoms with E-state index < -0.39 is 22.8 Å². The third-order valence-electron chi connectivity index (χ3n) is 3.87. The Morgan fingerprint density at radius 2 is 1.44 bits per heavy atom. The van der Waals surface area contributed by atoms with E-state index in [1.807, 2.05) is 13.8 Å². The van der Waals surface area contributed by atoms with E-state index in [0.29, 0.717) is 12.8 Å². The van der Waals surface area contributed by atoms with E-state index in [1.165, 1.54) is 0 Å². The first-order chi connectivity index (χ1) is 7.32. The fourth-order valence-electron chi connectivity index (χ4n) is 2.58. The lowest BCUT2D eigenvalue weighted by Crippen LogP contribution is -2.51. The second-order valence-corrected chi connectivity index (χ2v) is 4.53. The summed E-state index contributed by atoms with van der Waals surface area (Å²) in [6.45, 7) is 7.19. The standard InChI is InChI=1S/C12H22O4/c1-5-8-11(4,6-2)12(7-3,9(13)14)10(15)16/h5-8H2,1-4H3,(H,13,14)(H,15,16). The number of rotatable bonds is 7. The van der Waals surface area contributed by atoms with Crippen LogP contribution in [0.3, 0.4) is 0 Å². The van der Waals surface area contributed by atoms with E-state index in [4.69, 9.17) is 0 Å². The van der Waals surface area contributed by atoms with Gasteiger partial charge in [-0.1, -0.05) is 34.1 Å². The molecule has 0 aromatic carbocycles. The molecule has 2 N–H and O–H groups in total. The maximum absolute atomic E-state index is 11.4. The Labute approximate surface area is 96.7 Å². The van der Waals surface area contributed by atoms with Gasteiger partial charge in [-0.15, -0.1) is 0 Å². The van der Waals surface area contributed by atoms with Crippen molar-refractivity contribution in [3.8, 4) is 0 Å². The maximum Gasteiger partial charge on any atom is 0.321 e. The summed E-state index contributed by atoms with van der Waals surface area (Å²) in [4.78, 5) is 22.8. The van der Waals surface area contributed by atoms with Crippen molar-refractivity contribution in [2.75, 3.05) is 0 Å². The molecule has 0 bridgehead atoms. The van der Waals surface area contributed by atoms with Gasteiger partial charge in [0.2, 0.25) is 0 Å². The highest BCUT2D eigenvalue weighted by Gasteiger charge is 2.57. The molecule has 94 valence electrons. The number of carbonyl (C=O) groups is 2. The highest BCUT2D eigenvalue weighted by Crippen LogP contribution is 2.48. The Bertz CT molecular complexity index is 258. The Hall–Kier alpha value is -1.06. The molecular formula is C12H22O4. The second-order valence-electron chi connectivity index (χ2n) is 4.53. The predicted octanol–water partition coefficient (Wildman–Crippen LogP) is 2.77. The van der Waals surface area contributed by atoms with Crippen molar-refractivity contribution < 1.29 is 19.8 Å². The smallest absolute Gasteiger partial charge is 0.321 e. The minimum atomic E-state index is -1.67. The van der Waals surface area contributed by atoms with Crippen molar-refractivity contribution in [3.05, 3.63) is 0 Å². The van der Waals surface area contributed by atoms with Crippen LogP contribution in [0, 0.1) is 10.8 Å². The number of carboxylic acid groups (broad SMARTS) is 2.